The van der Waals surface area contributed by atoms with Gasteiger partial charge in [0.05, 0.1) is 6.61 Å². The molecular formula is C13H16BrNO5. The molecule has 20 heavy (non-hydrogen) atoms. The lowest BCUT2D eigenvalue weighted by molar-refractivity contribution is -0.145. The Morgan fingerprint density at radius 3 is 2.50 bits per heavy atom. The minimum Gasteiger partial charge on any atom is -0.484 e. The highest BCUT2D eigenvalue weighted by molar-refractivity contribution is 9.10. The molecule has 1 N–H and O–H groups in total. The van der Waals surface area contributed by atoms with E-state index in [0.717, 1.165) is 4.47 Å². The summed E-state index contributed by atoms with van der Waals surface area (Å²) in [6.45, 7) is -0.0901. The highest BCUT2D eigenvalue weighted by Gasteiger charge is 2.17. The van der Waals surface area contributed by atoms with Crippen molar-refractivity contribution in [3.63, 3.8) is 0 Å². The van der Waals surface area contributed by atoms with Crippen LogP contribution in [0.3, 0.4) is 0 Å². The zero-order valence-corrected chi connectivity index (χ0v) is 12.6. The van der Waals surface area contributed by atoms with Crippen LogP contribution in [0.5, 0.6) is 5.75 Å². The second kappa shape index (κ2) is 8.55. The Hall–Kier alpha value is -1.60. The van der Waals surface area contributed by atoms with Crippen molar-refractivity contribution in [3.05, 3.63) is 28.7 Å². The van der Waals surface area contributed by atoms with Crippen LogP contribution in [0, 0.1) is 0 Å². The smallest absolute Gasteiger partial charge is 0.323 e. The van der Waals surface area contributed by atoms with Gasteiger partial charge in [-0.3, -0.25) is 9.59 Å². The summed E-state index contributed by atoms with van der Waals surface area (Å²) in [6.07, 6.45) is 0. The third-order valence-corrected chi connectivity index (χ3v) is 2.95. The first-order valence-electron chi connectivity index (χ1n) is 5.90. The zero-order chi connectivity index (χ0) is 15.0. The Bertz CT molecular complexity index is 449. The molecule has 6 nitrogen and oxygen atoms in total. The first kappa shape index (κ1) is 16.5. The van der Waals surface area contributed by atoms with E-state index in [1.54, 1.807) is 24.3 Å². The van der Waals surface area contributed by atoms with Gasteiger partial charge in [-0.05, 0) is 24.3 Å². The molecule has 0 fully saturated rings. The molecule has 0 heterocycles. The van der Waals surface area contributed by atoms with E-state index >= 15 is 0 Å². The molecule has 1 aromatic rings. The lowest BCUT2D eigenvalue weighted by Gasteiger charge is -2.20. The van der Waals surface area contributed by atoms with Gasteiger partial charge in [-0.2, -0.15) is 0 Å². The second-order valence-corrected chi connectivity index (χ2v) is 4.86. The van der Waals surface area contributed by atoms with E-state index in [0.29, 0.717) is 5.75 Å². The van der Waals surface area contributed by atoms with Gasteiger partial charge in [0, 0.05) is 18.1 Å². The number of carbonyl (C=O) groups is 2. The van der Waals surface area contributed by atoms with Crippen molar-refractivity contribution in [1.29, 1.82) is 0 Å². The van der Waals surface area contributed by atoms with E-state index < -0.39 is 11.9 Å². The predicted molar refractivity (Wildman–Crippen MR) is 75.7 cm³/mol. The Morgan fingerprint density at radius 1 is 1.30 bits per heavy atom. The van der Waals surface area contributed by atoms with E-state index in [2.05, 4.69) is 15.9 Å². The summed E-state index contributed by atoms with van der Waals surface area (Å²) in [5.74, 6) is -0.922. The molecule has 0 aliphatic carbocycles. The summed E-state index contributed by atoms with van der Waals surface area (Å²) in [6, 6.07) is 7.02. The van der Waals surface area contributed by atoms with Crippen LogP contribution >= 0.6 is 15.9 Å². The standard InChI is InChI=1S/C13H16BrNO5/c1-19-7-6-15(8-13(17)18)12(16)9-20-11-4-2-10(14)3-5-11/h2-5H,6-9H2,1H3,(H,17,18). The molecule has 0 saturated carbocycles. The summed E-state index contributed by atoms with van der Waals surface area (Å²) in [5.41, 5.74) is 0. The van der Waals surface area contributed by atoms with Gasteiger partial charge in [0.1, 0.15) is 12.3 Å². The van der Waals surface area contributed by atoms with E-state index in [4.69, 9.17) is 14.6 Å². The minimum atomic E-state index is -1.07. The van der Waals surface area contributed by atoms with Gasteiger partial charge in [-0.25, -0.2) is 0 Å². The van der Waals surface area contributed by atoms with Crippen LogP contribution in [-0.4, -0.2) is 55.3 Å². The van der Waals surface area contributed by atoms with Gasteiger partial charge in [0.2, 0.25) is 0 Å². The first-order valence-corrected chi connectivity index (χ1v) is 6.69. The largest absolute Gasteiger partial charge is 0.484 e. The fourth-order valence-electron chi connectivity index (χ4n) is 1.42. The summed E-state index contributed by atoms with van der Waals surface area (Å²) in [4.78, 5) is 23.8. The van der Waals surface area contributed by atoms with E-state index in [-0.39, 0.29) is 26.3 Å². The van der Waals surface area contributed by atoms with Crippen LogP contribution in [0.4, 0.5) is 0 Å². The molecule has 0 saturated heterocycles. The van der Waals surface area contributed by atoms with Crippen LogP contribution in [0.15, 0.2) is 28.7 Å². The average Bonchev–Trinajstić information content (AvgIpc) is 2.42. The molecule has 0 aliphatic rings. The lowest BCUT2D eigenvalue weighted by Crippen LogP contribution is -2.40. The fraction of sp³-hybridized carbons (Fsp3) is 0.385. The predicted octanol–water partition coefficient (Wildman–Crippen LogP) is 1.39. The monoisotopic (exact) mass is 345 g/mol. The van der Waals surface area contributed by atoms with Crippen LogP contribution in [0.25, 0.3) is 0 Å². The number of methoxy groups -OCH3 is 1. The summed E-state index contributed by atoms with van der Waals surface area (Å²) in [5, 5.41) is 8.77. The second-order valence-electron chi connectivity index (χ2n) is 3.94. The van der Waals surface area contributed by atoms with Gasteiger partial charge in [-0.15, -0.1) is 0 Å². The van der Waals surface area contributed by atoms with E-state index in [9.17, 15) is 9.59 Å². The van der Waals surface area contributed by atoms with Gasteiger partial charge in [-0.1, -0.05) is 15.9 Å². The number of carboxylic acids is 1. The van der Waals surface area contributed by atoms with Gasteiger partial charge >= 0.3 is 5.97 Å². The normalized spacial score (nSPS) is 10.1. The van der Waals surface area contributed by atoms with Crippen molar-refractivity contribution in [2.75, 3.05) is 33.4 Å². The Morgan fingerprint density at radius 2 is 1.95 bits per heavy atom. The quantitative estimate of drug-likeness (QED) is 0.770. The third-order valence-electron chi connectivity index (χ3n) is 2.42. The van der Waals surface area contributed by atoms with E-state index in [1.165, 1.54) is 12.0 Å². The first-order chi connectivity index (χ1) is 9.52. The minimum absolute atomic E-state index is 0.210. The molecule has 0 radical (unpaired) electrons. The number of benzene rings is 1. The molecule has 7 heteroatoms. The molecule has 110 valence electrons. The molecule has 0 bridgehead atoms. The number of amides is 1. The highest BCUT2D eigenvalue weighted by atomic mass is 79.9. The SMILES string of the molecule is COCCN(CC(=O)O)C(=O)COc1ccc(Br)cc1. The molecule has 1 rings (SSSR count). The maximum Gasteiger partial charge on any atom is 0.323 e. The van der Waals surface area contributed by atoms with Gasteiger partial charge in [0.25, 0.3) is 5.91 Å². The molecule has 0 aromatic heterocycles. The van der Waals surface area contributed by atoms with Gasteiger partial charge < -0.3 is 19.5 Å². The number of rotatable bonds is 8. The number of aliphatic carboxylic acids is 1. The summed E-state index contributed by atoms with van der Waals surface area (Å²) in [7, 11) is 1.49. The number of hydrogen-bond acceptors (Lipinski definition) is 4. The Labute approximate surface area is 125 Å². The van der Waals surface area contributed by atoms with Crippen LogP contribution in [0.2, 0.25) is 0 Å². The van der Waals surface area contributed by atoms with Crippen molar-refractivity contribution in [2.24, 2.45) is 0 Å². The van der Waals surface area contributed by atoms with Crippen molar-refractivity contribution >= 4 is 27.8 Å². The molecule has 0 unspecified atom stereocenters. The van der Waals surface area contributed by atoms with Crippen LogP contribution in [-0.2, 0) is 14.3 Å². The molecule has 0 spiro atoms. The van der Waals surface area contributed by atoms with Crippen LogP contribution in [0.1, 0.15) is 0 Å². The zero-order valence-electron chi connectivity index (χ0n) is 11.0. The van der Waals surface area contributed by atoms with Crippen LogP contribution < -0.4 is 4.74 Å². The van der Waals surface area contributed by atoms with Gasteiger partial charge in [0.15, 0.2) is 6.61 Å². The Kier molecular flexibility index (Phi) is 7.03. The summed E-state index contributed by atoms with van der Waals surface area (Å²) >= 11 is 3.29. The molecule has 0 atom stereocenters. The maximum atomic E-state index is 11.9. The molecular weight excluding hydrogens is 330 g/mol. The topological polar surface area (TPSA) is 76.1 Å². The number of ether oxygens (including phenoxy) is 2. The number of hydrogen-bond donors (Lipinski definition) is 1. The Balaban J connectivity index is 2.51. The van der Waals surface area contributed by atoms with Crippen molar-refractivity contribution in [1.82, 2.24) is 4.90 Å². The molecule has 1 aromatic carbocycles. The lowest BCUT2D eigenvalue weighted by atomic mass is 10.3. The highest BCUT2D eigenvalue weighted by Crippen LogP contribution is 2.16. The van der Waals surface area contributed by atoms with Crippen molar-refractivity contribution in [3.8, 4) is 5.75 Å². The molecule has 1 amide bonds. The molecule has 0 aliphatic heterocycles. The van der Waals surface area contributed by atoms with Crippen molar-refractivity contribution in [2.45, 2.75) is 0 Å². The number of carboxylic acid groups (broad SMARTS) is 1. The third kappa shape index (κ3) is 6.03. The van der Waals surface area contributed by atoms with Crippen molar-refractivity contribution < 1.29 is 24.2 Å². The summed E-state index contributed by atoms with van der Waals surface area (Å²) < 4.78 is 11.1. The van der Waals surface area contributed by atoms with E-state index in [1.807, 2.05) is 0 Å². The number of halogens is 1. The number of nitrogens with zero attached hydrogens (tertiary/aromatic N) is 1. The maximum absolute atomic E-state index is 11.9. The average molecular weight is 346 g/mol. The fourth-order valence-corrected chi connectivity index (χ4v) is 1.69. The number of carbonyl (C=O) groups excluding carboxylic acids is 1.